The molecule has 0 rings (SSSR count). The summed E-state index contributed by atoms with van der Waals surface area (Å²) in [7, 11) is -3.43. The van der Waals surface area contributed by atoms with E-state index in [1.54, 1.807) is 13.8 Å². The first-order valence-corrected chi connectivity index (χ1v) is 6.24. The van der Waals surface area contributed by atoms with Gasteiger partial charge in [-0.25, -0.2) is 4.72 Å². The summed E-state index contributed by atoms with van der Waals surface area (Å²) in [5, 5.41) is 0. The van der Waals surface area contributed by atoms with E-state index in [0.717, 1.165) is 0 Å². The van der Waals surface area contributed by atoms with E-state index in [-0.39, 0.29) is 12.5 Å². The van der Waals surface area contributed by atoms with Crippen LogP contribution >= 0.6 is 0 Å². The Balaban J connectivity index is 4.62. The van der Waals surface area contributed by atoms with E-state index < -0.39 is 15.7 Å². The molecule has 1 atom stereocenters. The molecule has 0 saturated carbocycles. The molecule has 0 aliphatic heterocycles. The Morgan fingerprint density at radius 2 is 1.93 bits per heavy atom. The van der Waals surface area contributed by atoms with Gasteiger partial charge in [0.05, 0.1) is 0 Å². The van der Waals surface area contributed by atoms with Crippen LogP contribution in [0.25, 0.3) is 0 Å². The van der Waals surface area contributed by atoms with Gasteiger partial charge in [0.25, 0.3) is 10.2 Å². The van der Waals surface area contributed by atoms with Crippen molar-refractivity contribution in [2.45, 2.75) is 33.2 Å². The molecule has 14 heavy (non-hydrogen) atoms. The second-order valence-corrected chi connectivity index (χ2v) is 5.38. The summed E-state index contributed by atoms with van der Waals surface area (Å²) in [5.74, 6) is 0.140. The summed E-state index contributed by atoms with van der Waals surface area (Å²) in [4.78, 5) is 0. The molecule has 0 spiro atoms. The van der Waals surface area contributed by atoms with E-state index in [2.05, 4.69) is 9.44 Å². The van der Waals surface area contributed by atoms with Crippen molar-refractivity contribution in [3.05, 3.63) is 0 Å². The quantitative estimate of drug-likeness (QED) is 0.583. The molecule has 0 aromatic heterocycles. The smallest absolute Gasteiger partial charge is 0.277 e. The van der Waals surface area contributed by atoms with Crippen molar-refractivity contribution < 1.29 is 8.42 Å². The van der Waals surface area contributed by atoms with Gasteiger partial charge in [0.2, 0.25) is 0 Å². The van der Waals surface area contributed by atoms with Gasteiger partial charge in [0, 0.05) is 18.6 Å². The highest BCUT2D eigenvalue weighted by molar-refractivity contribution is 7.87. The van der Waals surface area contributed by atoms with Gasteiger partial charge in [-0.15, -0.1) is 0 Å². The van der Waals surface area contributed by atoms with E-state index >= 15 is 0 Å². The van der Waals surface area contributed by atoms with Crippen molar-refractivity contribution in [1.82, 2.24) is 9.44 Å². The molecule has 0 aromatic carbocycles. The van der Waals surface area contributed by atoms with E-state index in [9.17, 15) is 8.42 Å². The van der Waals surface area contributed by atoms with Crippen LogP contribution in [0, 0.1) is 5.92 Å². The van der Waals surface area contributed by atoms with Gasteiger partial charge < -0.3 is 5.73 Å². The van der Waals surface area contributed by atoms with E-state index in [1.807, 2.05) is 13.8 Å². The third kappa shape index (κ3) is 3.91. The van der Waals surface area contributed by atoms with Gasteiger partial charge in [-0.05, 0) is 12.8 Å². The lowest BCUT2D eigenvalue weighted by molar-refractivity contribution is 0.313. The van der Waals surface area contributed by atoms with Gasteiger partial charge in [-0.1, -0.05) is 20.8 Å². The van der Waals surface area contributed by atoms with Crippen molar-refractivity contribution in [3.63, 3.8) is 0 Å². The first kappa shape index (κ1) is 13.8. The molecular weight excluding hydrogens is 202 g/mol. The first-order chi connectivity index (χ1) is 6.27. The molecule has 0 aromatic rings. The Kier molecular flexibility index (Phi) is 5.00. The molecule has 0 bridgehead atoms. The van der Waals surface area contributed by atoms with E-state index in [0.29, 0.717) is 6.54 Å². The molecule has 5 nitrogen and oxygen atoms in total. The lowest BCUT2D eigenvalue weighted by atomic mass is 9.90. The van der Waals surface area contributed by atoms with Gasteiger partial charge >= 0.3 is 0 Å². The molecule has 1 unspecified atom stereocenters. The maximum Gasteiger partial charge on any atom is 0.277 e. The van der Waals surface area contributed by atoms with E-state index in [4.69, 9.17) is 5.73 Å². The Hall–Kier alpha value is -0.170. The standard InChI is InChI=1S/C8H21N3O2S/c1-5-10-14(12,13)11-8(4,6-9)7(2)3/h7,10-11H,5-6,9H2,1-4H3. The Bertz CT molecular complexity index is 264. The van der Waals surface area contributed by atoms with Gasteiger partial charge in [0.15, 0.2) is 0 Å². The van der Waals surface area contributed by atoms with Crippen LogP contribution in [0.5, 0.6) is 0 Å². The lowest BCUT2D eigenvalue weighted by Gasteiger charge is -2.32. The molecule has 0 amide bonds. The highest BCUT2D eigenvalue weighted by Crippen LogP contribution is 2.15. The average Bonchev–Trinajstić information content (AvgIpc) is 2.02. The van der Waals surface area contributed by atoms with Crippen molar-refractivity contribution in [3.8, 4) is 0 Å². The highest BCUT2D eigenvalue weighted by Gasteiger charge is 2.31. The third-order valence-electron chi connectivity index (χ3n) is 2.40. The van der Waals surface area contributed by atoms with Gasteiger partial charge in [-0.2, -0.15) is 13.1 Å². The van der Waals surface area contributed by atoms with Crippen LogP contribution in [0.15, 0.2) is 0 Å². The Labute approximate surface area is 86.6 Å². The molecular formula is C8H21N3O2S. The average molecular weight is 223 g/mol. The van der Waals surface area contributed by atoms with Gasteiger partial charge in [0.1, 0.15) is 0 Å². The monoisotopic (exact) mass is 223 g/mol. The second kappa shape index (κ2) is 5.06. The molecule has 4 N–H and O–H groups in total. The second-order valence-electron chi connectivity index (χ2n) is 3.88. The van der Waals surface area contributed by atoms with Gasteiger partial charge in [-0.3, -0.25) is 0 Å². The molecule has 0 aliphatic rings. The van der Waals surface area contributed by atoms with Crippen LogP contribution in [0.4, 0.5) is 0 Å². The fraction of sp³-hybridized carbons (Fsp3) is 1.00. The fourth-order valence-corrected chi connectivity index (χ4v) is 2.31. The number of hydrogen-bond acceptors (Lipinski definition) is 3. The minimum absolute atomic E-state index is 0.140. The van der Waals surface area contributed by atoms with Crippen LogP contribution in [0.1, 0.15) is 27.7 Å². The van der Waals surface area contributed by atoms with E-state index in [1.165, 1.54) is 0 Å². The third-order valence-corrected chi connectivity index (χ3v) is 3.80. The molecule has 0 radical (unpaired) electrons. The van der Waals surface area contributed by atoms with Crippen LogP contribution in [-0.2, 0) is 10.2 Å². The zero-order valence-electron chi connectivity index (χ0n) is 9.29. The zero-order chi connectivity index (χ0) is 11.4. The molecule has 0 heterocycles. The van der Waals surface area contributed by atoms with Crippen LogP contribution in [0.3, 0.4) is 0 Å². The maximum atomic E-state index is 11.4. The van der Waals surface area contributed by atoms with Crippen molar-refractivity contribution in [1.29, 1.82) is 0 Å². The zero-order valence-corrected chi connectivity index (χ0v) is 10.1. The SMILES string of the molecule is CCNS(=O)(=O)NC(C)(CN)C(C)C. The number of rotatable bonds is 6. The summed E-state index contributed by atoms with van der Waals surface area (Å²) in [5.41, 5.74) is 4.96. The molecule has 0 aliphatic carbocycles. The van der Waals surface area contributed by atoms with Crippen LogP contribution in [-0.4, -0.2) is 27.0 Å². The van der Waals surface area contributed by atoms with Crippen molar-refractivity contribution >= 4 is 10.2 Å². The minimum atomic E-state index is -3.43. The molecule has 0 saturated heterocycles. The predicted octanol–water partition coefficient (Wildman–Crippen LogP) is -0.196. The number of hydrogen-bond donors (Lipinski definition) is 3. The molecule has 0 fully saturated rings. The Morgan fingerprint density at radius 3 is 2.21 bits per heavy atom. The maximum absolute atomic E-state index is 11.4. The highest BCUT2D eigenvalue weighted by atomic mass is 32.2. The summed E-state index contributed by atoms with van der Waals surface area (Å²) >= 11 is 0. The molecule has 6 heteroatoms. The number of nitrogens with two attached hydrogens (primary N) is 1. The summed E-state index contributed by atoms with van der Waals surface area (Å²) in [6.45, 7) is 8.03. The molecule has 86 valence electrons. The normalized spacial score (nSPS) is 17.0. The summed E-state index contributed by atoms with van der Waals surface area (Å²) in [6.07, 6.45) is 0. The topological polar surface area (TPSA) is 84.2 Å². The first-order valence-electron chi connectivity index (χ1n) is 4.76. The van der Waals surface area contributed by atoms with Crippen LogP contribution in [0.2, 0.25) is 0 Å². The van der Waals surface area contributed by atoms with Crippen molar-refractivity contribution in [2.24, 2.45) is 11.7 Å². The summed E-state index contributed by atoms with van der Waals surface area (Å²) < 4.78 is 27.8. The minimum Gasteiger partial charge on any atom is -0.329 e. The van der Waals surface area contributed by atoms with Crippen LogP contribution < -0.4 is 15.2 Å². The van der Waals surface area contributed by atoms with Crippen molar-refractivity contribution in [2.75, 3.05) is 13.1 Å². The largest absolute Gasteiger partial charge is 0.329 e. The fourth-order valence-electron chi connectivity index (χ4n) is 0.928. The number of nitrogens with one attached hydrogen (secondary N) is 2. The predicted molar refractivity (Wildman–Crippen MR) is 58.0 cm³/mol. The summed E-state index contributed by atoms with van der Waals surface area (Å²) in [6, 6.07) is 0. The Morgan fingerprint density at radius 1 is 1.43 bits per heavy atom. The lowest BCUT2D eigenvalue weighted by Crippen LogP contribution is -2.57.